The van der Waals surface area contributed by atoms with Gasteiger partial charge in [-0.2, -0.15) is 0 Å². The summed E-state index contributed by atoms with van der Waals surface area (Å²) in [5.41, 5.74) is 4.29. The van der Waals surface area contributed by atoms with Gasteiger partial charge in [-0.3, -0.25) is 4.79 Å². The fraction of sp³-hybridized carbons (Fsp3) is 0.318. The summed E-state index contributed by atoms with van der Waals surface area (Å²) in [5, 5.41) is 4.19. The molecule has 0 saturated carbocycles. The van der Waals surface area contributed by atoms with E-state index < -0.39 is 0 Å². The van der Waals surface area contributed by atoms with E-state index in [4.69, 9.17) is 14.2 Å². The molecule has 1 atom stereocenters. The minimum Gasteiger partial charge on any atom is -0.497 e. The first kappa shape index (κ1) is 17.0. The molecule has 1 aliphatic carbocycles. The van der Waals surface area contributed by atoms with Crippen LogP contribution in [0.15, 0.2) is 36.4 Å². The second-order valence-electron chi connectivity index (χ2n) is 7.28. The Balaban J connectivity index is 1.36. The third-order valence-corrected chi connectivity index (χ3v) is 5.58. The third-order valence-electron chi connectivity index (χ3n) is 5.58. The van der Waals surface area contributed by atoms with Crippen molar-refractivity contribution in [1.82, 2.24) is 4.98 Å². The lowest BCUT2D eigenvalue weighted by Gasteiger charge is -2.23. The number of amides is 1. The highest BCUT2D eigenvalue weighted by atomic mass is 16.6. The molecular formula is C22H22N2O4. The van der Waals surface area contributed by atoms with Crippen molar-refractivity contribution in [1.29, 1.82) is 0 Å². The smallest absolute Gasteiger partial charge is 0.227 e. The average Bonchev–Trinajstić information content (AvgIpc) is 3.10. The Morgan fingerprint density at radius 1 is 1.14 bits per heavy atom. The molecule has 2 aromatic carbocycles. The highest BCUT2D eigenvalue weighted by Crippen LogP contribution is 2.35. The molecule has 144 valence electrons. The maximum Gasteiger partial charge on any atom is 0.227 e. The first-order valence-corrected chi connectivity index (χ1v) is 9.59. The molecule has 2 N–H and O–H groups in total. The van der Waals surface area contributed by atoms with Gasteiger partial charge in [0.25, 0.3) is 0 Å². The molecule has 1 unspecified atom stereocenters. The molecule has 3 aromatic rings. The Morgan fingerprint density at radius 3 is 2.86 bits per heavy atom. The fourth-order valence-corrected chi connectivity index (χ4v) is 4.11. The van der Waals surface area contributed by atoms with Crippen molar-refractivity contribution in [3.8, 4) is 17.2 Å². The maximum atomic E-state index is 12.9. The van der Waals surface area contributed by atoms with Gasteiger partial charge >= 0.3 is 0 Å². The highest BCUT2D eigenvalue weighted by Gasteiger charge is 2.28. The standard InChI is InChI=1S/C22H22N2O4/c1-26-15-4-6-19-17(12-15)16-10-13(2-5-18(16)24-19)22(25)23-14-3-7-20-21(11-14)28-9-8-27-20/h3-4,6-7,11-13,24H,2,5,8-10H2,1H3,(H,23,25). The molecule has 2 aliphatic rings. The minimum absolute atomic E-state index is 0.0413. The van der Waals surface area contributed by atoms with Gasteiger partial charge in [0.2, 0.25) is 5.91 Å². The van der Waals surface area contributed by atoms with E-state index >= 15 is 0 Å². The lowest BCUT2D eigenvalue weighted by atomic mass is 9.85. The van der Waals surface area contributed by atoms with Gasteiger partial charge in [0.1, 0.15) is 19.0 Å². The summed E-state index contributed by atoms with van der Waals surface area (Å²) in [4.78, 5) is 16.4. The Labute approximate surface area is 162 Å². The molecule has 5 rings (SSSR count). The van der Waals surface area contributed by atoms with Crippen LogP contribution in [0.25, 0.3) is 10.9 Å². The predicted octanol–water partition coefficient (Wildman–Crippen LogP) is 3.69. The van der Waals surface area contributed by atoms with E-state index in [1.807, 2.05) is 36.4 Å². The van der Waals surface area contributed by atoms with Gasteiger partial charge in [-0.25, -0.2) is 0 Å². The van der Waals surface area contributed by atoms with E-state index in [0.717, 1.165) is 47.4 Å². The largest absolute Gasteiger partial charge is 0.497 e. The van der Waals surface area contributed by atoms with Crippen LogP contribution in [0.4, 0.5) is 5.69 Å². The Hall–Kier alpha value is -3.15. The molecule has 6 heteroatoms. The van der Waals surface area contributed by atoms with Crippen LogP contribution in [-0.2, 0) is 17.6 Å². The average molecular weight is 378 g/mol. The van der Waals surface area contributed by atoms with E-state index in [9.17, 15) is 4.79 Å². The first-order valence-electron chi connectivity index (χ1n) is 9.59. The Bertz CT molecular complexity index is 1060. The summed E-state index contributed by atoms with van der Waals surface area (Å²) in [6.07, 6.45) is 2.41. The molecule has 1 aromatic heterocycles. The zero-order valence-corrected chi connectivity index (χ0v) is 15.7. The molecule has 2 heterocycles. The summed E-state index contributed by atoms with van der Waals surface area (Å²) in [7, 11) is 1.67. The zero-order valence-electron chi connectivity index (χ0n) is 15.7. The van der Waals surface area contributed by atoms with Gasteiger partial charge in [0, 0.05) is 34.3 Å². The van der Waals surface area contributed by atoms with Crippen LogP contribution >= 0.6 is 0 Å². The van der Waals surface area contributed by atoms with E-state index in [1.165, 1.54) is 11.3 Å². The summed E-state index contributed by atoms with van der Waals surface area (Å²) in [6.45, 7) is 1.08. The van der Waals surface area contributed by atoms with E-state index in [-0.39, 0.29) is 11.8 Å². The summed E-state index contributed by atoms with van der Waals surface area (Å²) in [5.74, 6) is 2.21. The number of anilines is 1. The first-order chi connectivity index (χ1) is 13.7. The van der Waals surface area contributed by atoms with Crippen molar-refractivity contribution in [3.05, 3.63) is 47.7 Å². The van der Waals surface area contributed by atoms with Crippen molar-refractivity contribution >= 4 is 22.5 Å². The van der Waals surface area contributed by atoms with Gasteiger partial charge in [-0.1, -0.05) is 0 Å². The molecule has 1 amide bonds. The van der Waals surface area contributed by atoms with Crippen LogP contribution in [0, 0.1) is 5.92 Å². The van der Waals surface area contributed by atoms with Crippen LogP contribution in [0.2, 0.25) is 0 Å². The molecule has 1 aliphatic heterocycles. The van der Waals surface area contributed by atoms with Crippen LogP contribution in [0.3, 0.4) is 0 Å². The highest BCUT2D eigenvalue weighted by molar-refractivity contribution is 5.94. The number of methoxy groups -OCH3 is 1. The van der Waals surface area contributed by atoms with Gasteiger partial charge in [0.15, 0.2) is 11.5 Å². The predicted molar refractivity (Wildman–Crippen MR) is 106 cm³/mol. The summed E-state index contributed by atoms with van der Waals surface area (Å²) in [6, 6.07) is 11.6. The number of hydrogen-bond donors (Lipinski definition) is 2. The normalized spacial score (nSPS) is 17.8. The number of benzene rings is 2. The number of fused-ring (bicyclic) bond motifs is 4. The van der Waals surface area contributed by atoms with E-state index in [1.54, 1.807) is 7.11 Å². The maximum absolute atomic E-state index is 12.9. The van der Waals surface area contributed by atoms with Crippen LogP contribution in [0.5, 0.6) is 17.2 Å². The number of aromatic amines is 1. The number of ether oxygens (including phenoxy) is 3. The second-order valence-corrected chi connectivity index (χ2v) is 7.28. The molecule has 0 radical (unpaired) electrons. The quantitative estimate of drug-likeness (QED) is 0.729. The monoisotopic (exact) mass is 378 g/mol. The van der Waals surface area contributed by atoms with Crippen molar-refractivity contribution in [2.24, 2.45) is 5.92 Å². The van der Waals surface area contributed by atoms with Gasteiger partial charge in [-0.05, 0) is 55.2 Å². The number of carbonyl (C=O) groups is 1. The number of rotatable bonds is 3. The summed E-state index contributed by atoms with van der Waals surface area (Å²) >= 11 is 0. The van der Waals surface area contributed by atoms with Crippen LogP contribution in [0.1, 0.15) is 17.7 Å². The number of hydrogen-bond acceptors (Lipinski definition) is 4. The van der Waals surface area contributed by atoms with Gasteiger partial charge in [-0.15, -0.1) is 0 Å². The topological polar surface area (TPSA) is 72.6 Å². The molecule has 28 heavy (non-hydrogen) atoms. The Morgan fingerprint density at radius 2 is 2.00 bits per heavy atom. The second kappa shape index (κ2) is 6.78. The van der Waals surface area contributed by atoms with Crippen molar-refractivity contribution in [3.63, 3.8) is 0 Å². The van der Waals surface area contributed by atoms with Crippen molar-refractivity contribution < 1.29 is 19.0 Å². The fourth-order valence-electron chi connectivity index (χ4n) is 4.11. The van der Waals surface area contributed by atoms with Crippen LogP contribution < -0.4 is 19.5 Å². The molecule has 0 spiro atoms. The van der Waals surface area contributed by atoms with E-state index in [0.29, 0.717) is 19.0 Å². The lowest BCUT2D eigenvalue weighted by Crippen LogP contribution is -2.28. The number of aryl methyl sites for hydroxylation is 1. The molecule has 0 fully saturated rings. The molecular weight excluding hydrogens is 356 g/mol. The molecule has 0 bridgehead atoms. The Kier molecular flexibility index (Phi) is 4.11. The molecule has 6 nitrogen and oxygen atoms in total. The summed E-state index contributed by atoms with van der Waals surface area (Å²) < 4.78 is 16.5. The number of carbonyl (C=O) groups excluding carboxylic acids is 1. The van der Waals surface area contributed by atoms with Crippen molar-refractivity contribution in [2.45, 2.75) is 19.3 Å². The SMILES string of the molecule is COc1ccc2[nH]c3c(c2c1)CC(C(=O)Nc1ccc2c(c1)OCCO2)CC3. The minimum atomic E-state index is -0.0640. The number of aromatic nitrogens is 1. The van der Waals surface area contributed by atoms with Crippen LogP contribution in [-0.4, -0.2) is 31.2 Å². The van der Waals surface area contributed by atoms with E-state index in [2.05, 4.69) is 10.3 Å². The zero-order chi connectivity index (χ0) is 19.1. The lowest BCUT2D eigenvalue weighted by molar-refractivity contribution is -0.120. The number of nitrogens with one attached hydrogen (secondary N) is 2. The number of H-pyrrole nitrogens is 1. The van der Waals surface area contributed by atoms with Crippen molar-refractivity contribution in [2.75, 3.05) is 25.6 Å². The van der Waals surface area contributed by atoms with Gasteiger partial charge < -0.3 is 24.5 Å². The third kappa shape index (κ3) is 2.95. The molecule has 0 saturated heterocycles. The van der Waals surface area contributed by atoms with Gasteiger partial charge in [0.05, 0.1) is 7.11 Å².